The molecule has 15 heavy (non-hydrogen) atoms. The van der Waals surface area contributed by atoms with Crippen molar-refractivity contribution < 1.29 is 4.79 Å². The van der Waals surface area contributed by atoms with Crippen LogP contribution in [0.5, 0.6) is 0 Å². The molecule has 0 aromatic heterocycles. The zero-order valence-corrected chi connectivity index (χ0v) is 10.5. The molecule has 0 radical (unpaired) electrons. The summed E-state index contributed by atoms with van der Waals surface area (Å²) in [6.45, 7) is 4.40. The molecule has 1 aromatic carbocycles. The van der Waals surface area contributed by atoms with Crippen molar-refractivity contribution in [2.45, 2.75) is 26.4 Å². The molecule has 0 bridgehead atoms. The van der Waals surface area contributed by atoms with Gasteiger partial charge in [-0.2, -0.15) is 0 Å². The quantitative estimate of drug-likeness (QED) is 0.871. The van der Waals surface area contributed by atoms with E-state index in [4.69, 9.17) is 0 Å². The van der Waals surface area contributed by atoms with Crippen LogP contribution in [0.2, 0.25) is 0 Å². The summed E-state index contributed by atoms with van der Waals surface area (Å²) >= 11 is 3.38. The van der Waals surface area contributed by atoms with Gasteiger partial charge in [0.25, 0.3) is 0 Å². The largest absolute Gasteiger partial charge is 0.336 e. The molecule has 0 aliphatic carbocycles. The average molecular weight is 271 g/mol. The van der Waals surface area contributed by atoms with E-state index >= 15 is 0 Å². The summed E-state index contributed by atoms with van der Waals surface area (Å²) in [5.74, 6) is 0. The lowest BCUT2D eigenvalue weighted by Crippen LogP contribution is -2.39. The van der Waals surface area contributed by atoms with Crippen LogP contribution in [0, 0.1) is 0 Å². The maximum atomic E-state index is 11.3. The first kappa shape index (κ1) is 12.0. The van der Waals surface area contributed by atoms with Gasteiger partial charge in [0.2, 0.25) is 0 Å². The molecule has 2 N–H and O–H groups in total. The minimum Gasteiger partial charge on any atom is -0.336 e. The number of hydrogen-bond donors (Lipinski definition) is 2. The summed E-state index contributed by atoms with van der Waals surface area (Å²) in [6, 6.07) is 7.88. The molecular weight excluding hydrogens is 256 g/mol. The Morgan fingerprint density at radius 3 is 2.80 bits per heavy atom. The highest BCUT2D eigenvalue weighted by atomic mass is 79.9. The van der Waals surface area contributed by atoms with E-state index in [2.05, 4.69) is 26.6 Å². The number of benzene rings is 1. The summed E-state index contributed by atoms with van der Waals surface area (Å²) in [7, 11) is 0. The van der Waals surface area contributed by atoms with Crippen molar-refractivity contribution >= 4 is 22.0 Å². The van der Waals surface area contributed by atoms with Crippen molar-refractivity contribution in [3.05, 3.63) is 34.3 Å². The predicted molar refractivity (Wildman–Crippen MR) is 64.6 cm³/mol. The topological polar surface area (TPSA) is 41.1 Å². The lowest BCUT2D eigenvalue weighted by atomic mass is 10.2. The molecular formula is C11H15BrN2O. The molecule has 0 heterocycles. The molecule has 0 atom stereocenters. The van der Waals surface area contributed by atoms with E-state index in [1.54, 1.807) is 0 Å². The normalized spacial score (nSPS) is 10.1. The van der Waals surface area contributed by atoms with Gasteiger partial charge in [0.05, 0.1) is 0 Å². The first-order chi connectivity index (χ1) is 7.08. The van der Waals surface area contributed by atoms with Crippen LogP contribution >= 0.6 is 15.9 Å². The van der Waals surface area contributed by atoms with Gasteiger partial charge in [-0.1, -0.05) is 28.1 Å². The fourth-order valence-electron chi connectivity index (χ4n) is 1.14. The molecule has 0 saturated heterocycles. The molecule has 2 amide bonds. The van der Waals surface area contributed by atoms with Gasteiger partial charge in [-0.05, 0) is 31.5 Å². The van der Waals surface area contributed by atoms with Crippen LogP contribution in [0.15, 0.2) is 28.7 Å². The molecule has 0 saturated carbocycles. The third kappa shape index (κ3) is 4.83. The van der Waals surface area contributed by atoms with E-state index in [9.17, 15) is 4.79 Å². The van der Waals surface area contributed by atoms with Crippen molar-refractivity contribution in [3.8, 4) is 0 Å². The van der Waals surface area contributed by atoms with Crippen LogP contribution in [0.1, 0.15) is 19.4 Å². The number of hydrogen-bond acceptors (Lipinski definition) is 1. The number of urea groups is 1. The van der Waals surface area contributed by atoms with Crippen LogP contribution in [0.25, 0.3) is 0 Å². The number of halogens is 1. The molecule has 4 heteroatoms. The van der Waals surface area contributed by atoms with Crippen LogP contribution in [0.3, 0.4) is 0 Å². The van der Waals surface area contributed by atoms with Gasteiger partial charge in [-0.25, -0.2) is 4.79 Å². The van der Waals surface area contributed by atoms with Crippen LogP contribution in [-0.4, -0.2) is 12.1 Å². The first-order valence-electron chi connectivity index (χ1n) is 4.86. The zero-order chi connectivity index (χ0) is 11.3. The zero-order valence-electron chi connectivity index (χ0n) is 8.88. The van der Waals surface area contributed by atoms with Gasteiger partial charge in [0, 0.05) is 17.1 Å². The highest BCUT2D eigenvalue weighted by Crippen LogP contribution is 2.11. The Morgan fingerprint density at radius 1 is 1.47 bits per heavy atom. The monoisotopic (exact) mass is 270 g/mol. The minimum atomic E-state index is -0.134. The number of rotatable bonds is 3. The third-order valence-electron chi connectivity index (χ3n) is 1.76. The van der Waals surface area contributed by atoms with Crippen LogP contribution < -0.4 is 10.6 Å². The molecule has 0 spiro atoms. The van der Waals surface area contributed by atoms with E-state index in [1.807, 2.05) is 38.1 Å². The maximum absolute atomic E-state index is 11.3. The lowest BCUT2D eigenvalue weighted by molar-refractivity contribution is 0.238. The second-order valence-electron chi connectivity index (χ2n) is 3.61. The van der Waals surface area contributed by atoms with Crippen molar-refractivity contribution in [2.75, 3.05) is 0 Å². The minimum absolute atomic E-state index is 0.134. The SMILES string of the molecule is CC(C)NC(=O)NCc1cccc(Br)c1. The van der Waals surface area contributed by atoms with E-state index in [0.717, 1.165) is 10.0 Å². The predicted octanol–water partition coefficient (Wildman–Crippen LogP) is 2.66. The molecule has 1 rings (SSSR count). The fraction of sp³-hybridized carbons (Fsp3) is 0.364. The summed E-state index contributed by atoms with van der Waals surface area (Å²) in [5.41, 5.74) is 1.07. The Balaban J connectivity index is 2.40. The molecule has 3 nitrogen and oxygen atoms in total. The summed E-state index contributed by atoms with van der Waals surface area (Å²) in [4.78, 5) is 11.3. The summed E-state index contributed by atoms with van der Waals surface area (Å²) in [5, 5.41) is 5.55. The molecule has 0 aliphatic rings. The second-order valence-corrected chi connectivity index (χ2v) is 4.53. The fourth-order valence-corrected chi connectivity index (χ4v) is 1.59. The first-order valence-corrected chi connectivity index (χ1v) is 5.66. The third-order valence-corrected chi connectivity index (χ3v) is 2.26. The average Bonchev–Trinajstić information content (AvgIpc) is 2.14. The molecule has 0 aliphatic heterocycles. The van der Waals surface area contributed by atoms with Gasteiger partial charge in [0.15, 0.2) is 0 Å². The number of carbonyl (C=O) groups excluding carboxylic acids is 1. The summed E-state index contributed by atoms with van der Waals surface area (Å²) < 4.78 is 1.02. The van der Waals surface area contributed by atoms with Gasteiger partial charge in [-0.15, -0.1) is 0 Å². The van der Waals surface area contributed by atoms with E-state index in [0.29, 0.717) is 6.54 Å². The Hall–Kier alpha value is -1.03. The van der Waals surface area contributed by atoms with Gasteiger partial charge in [-0.3, -0.25) is 0 Å². The maximum Gasteiger partial charge on any atom is 0.315 e. The van der Waals surface area contributed by atoms with Gasteiger partial charge >= 0.3 is 6.03 Å². The lowest BCUT2D eigenvalue weighted by Gasteiger charge is -2.10. The van der Waals surface area contributed by atoms with Crippen molar-refractivity contribution in [1.29, 1.82) is 0 Å². The highest BCUT2D eigenvalue weighted by Gasteiger charge is 2.01. The van der Waals surface area contributed by atoms with Crippen molar-refractivity contribution in [2.24, 2.45) is 0 Å². The van der Waals surface area contributed by atoms with E-state index in [-0.39, 0.29) is 12.1 Å². The molecule has 82 valence electrons. The molecule has 1 aromatic rings. The highest BCUT2D eigenvalue weighted by molar-refractivity contribution is 9.10. The Morgan fingerprint density at radius 2 is 2.20 bits per heavy atom. The molecule has 0 fully saturated rings. The Kier molecular flexibility index (Phi) is 4.62. The number of carbonyl (C=O) groups is 1. The second kappa shape index (κ2) is 5.75. The van der Waals surface area contributed by atoms with Crippen molar-refractivity contribution in [1.82, 2.24) is 10.6 Å². The molecule has 0 unspecified atom stereocenters. The smallest absolute Gasteiger partial charge is 0.315 e. The van der Waals surface area contributed by atoms with E-state index in [1.165, 1.54) is 0 Å². The Labute approximate surface area is 98.4 Å². The summed E-state index contributed by atoms with van der Waals surface area (Å²) in [6.07, 6.45) is 0. The van der Waals surface area contributed by atoms with Crippen molar-refractivity contribution in [3.63, 3.8) is 0 Å². The van der Waals surface area contributed by atoms with Crippen LogP contribution in [-0.2, 0) is 6.54 Å². The number of nitrogens with one attached hydrogen (secondary N) is 2. The van der Waals surface area contributed by atoms with E-state index < -0.39 is 0 Å². The van der Waals surface area contributed by atoms with Crippen LogP contribution in [0.4, 0.5) is 4.79 Å². The Bertz CT molecular complexity index is 339. The number of amides is 2. The van der Waals surface area contributed by atoms with Gasteiger partial charge < -0.3 is 10.6 Å². The van der Waals surface area contributed by atoms with Gasteiger partial charge in [0.1, 0.15) is 0 Å². The standard InChI is InChI=1S/C11H15BrN2O/c1-8(2)14-11(15)13-7-9-4-3-5-10(12)6-9/h3-6,8H,7H2,1-2H3,(H2,13,14,15).